The molecule has 0 aliphatic heterocycles. The maximum Gasteiger partial charge on any atom is 0.182 e. The van der Waals surface area contributed by atoms with Gasteiger partial charge in [0.05, 0.1) is 20.3 Å². The van der Waals surface area contributed by atoms with E-state index in [1.54, 1.807) is 66.7 Å². The fraction of sp³-hybridized carbons (Fsp3) is 0.342. The molecule has 5 nitrogen and oxygen atoms in total. The van der Waals surface area contributed by atoms with E-state index < -0.39 is 59.7 Å². The molecule has 6 atom stereocenters. The van der Waals surface area contributed by atoms with E-state index in [-0.39, 0.29) is 40.4 Å². The molecule has 2 aliphatic rings. The quantitative estimate of drug-likeness (QED) is 0.205. The van der Waals surface area contributed by atoms with Crippen molar-refractivity contribution in [3.63, 3.8) is 0 Å². The minimum Gasteiger partial charge on any atom is -0.299 e. The molecule has 0 spiro atoms. The van der Waals surface area contributed by atoms with Crippen molar-refractivity contribution in [1.29, 1.82) is 0 Å². The lowest BCUT2D eigenvalue weighted by molar-refractivity contribution is -0.128. The third-order valence-corrected chi connectivity index (χ3v) is 14.8. The Morgan fingerprint density at radius 1 is 0.674 bits per heavy atom. The second kappa shape index (κ2) is 12.5. The van der Waals surface area contributed by atoms with E-state index in [1.165, 1.54) is 6.07 Å². The lowest BCUT2D eigenvalue weighted by Gasteiger charge is -2.48. The predicted octanol–water partition coefficient (Wildman–Crippen LogP) is 7.56. The Balaban J connectivity index is 1.51. The van der Waals surface area contributed by atoms with Gasteiger partial charge in [0.15, 0.2) is 19.7 Å². The summed E-state index contributed by atoms with van der Waals surface area (Å²) in [5, 5.41) is -2.09. The first-order chi connectivity index (χ1) is 21.9. The van der Waals surface area contributed by atoms with Crippen LogP contribution >= 0.6 is 0 Å². The SMILES string of the molecule is CCc1ccc([C@@H]2CC(=O)[C@@H]3CC(S(=O)(=O)c4ccc(C)cc4)[C@H](c4ccccc4F)C[C@@H]3C2S(=O)(=O)c2ccc(C)cc2)cc1. The van der Waals surface area contributed by atoms with Gasteiger partial charge in [0.2, 0.25) is 0 Å². The number of benzene rings is 4. The third-order valence-electron chi connectivity index (χ3n) is 10.2. The molecule has 0 amide bonds. The number of halogens is 1. The van der Waals surface area contributed by atoms with Crippen LogP contribution in [0.15, 0.2) is 107 Å². The highest BCUT2D eigenvalue weighted by Crippen LogP contribution is 2.54. The molecule has 8 heteroatoms. The first kappa shape index (κ1) is 32.3. The number of hydrogen-bond donors (Lipinski definition) is 0. The topological polar surface area (TPSA) is 85.3 Å². The largest absolute Gasteiger partial charge is 0.299 e. The number of rotatable bonds is 7. The summed E-state index contributed by atoms with van der Waals surface area (Å²) in [6, 6.07) is 27.2. The van der Waals surface area contributed by atoms with Crippen molar-refractivity contribution in [2.45, 2.75) is 78.6 Å². The Morgan fingerprint density at radius 2 is 1.24 bits per heavy atom. The number of sulfone groups is 2. The maximum atomic E-state index is 15.6. The number of aryl methyl sites for hydroxylation is 3. The van der Waals surface area contributed by atoms with Gasteiger partial charge in [-0.25, -0.2) is 21.2 Å². The van der Waals surface area contributed by atoms with E-state index in [2.05, 4.69) is 0 Å². The van der Waals surface area contributed by atoms with Gasteiger partial charge in [-0.3, -0.25) is 4.79 Å². The van der Waals surface area contributed by atoms with Crippen molar-refractivity contribution in [3.05, 3.63) is 131 Å². The van der Waals surface area contributed by atoms with Crippen LogP contribution in [0.2, 0.25) is 0 Å². The zero-order valence-electron chi connectivity index (χ0n) is 26.3. The van der Waals surface area contributed by atoms with Gasteiger partial charge in [-0.05, 0) is 86.1 Å². The highest BCUT2D eigenvalue weighted by molar-refractivity contribution is 7.92. The van der Waals surface area contributed by atoms with E-state index in [0.29, 0.717) is 0 Å². The van der Waals surface area contributed by atoms with Crippen LogP contribution in [0.25, 0.3) is 0 Å². The fourth-order valence-corrected chi connectivity index (χ4v) is 12.0. The average Bonchev–Trinajstić information content (AvgIpc) is 3.04. The van der Waals surface area contributed by atoms with E-state index >= 15 is 4.39 Å². The maximum absolute atomic E-state index is 15.6. The highest BCUT2D eigenvalue weighted by atomic mass is 32.2. The van der Waals surface area contributed by atoms with Crippen LogP contribution in [-0.2, 0) is 30.9 Å². The van der Waals surface area contributed by atoms with E-state index in [1.807, 2.05) is 45.0 Å². The van der Waals surface area contributed by atoms with Crippen molar-refractivity contribution < 1.29 is 26.0 Å². The second-order valence-corrected chi connectivity index (χ2v) is 17.2. The van der Waals surface area contributed by atoms with Gasteiger partial charge in [0.25, 0.3) is 0 Å². The molecule has 6 rings (SSSR count). The summed E-state index contributed by atoms with van der Waals surface area (Å²) in [5.74, 6) is -3.67. The Bertz CT molecular complexity index is 1950. The van der Waals surface area contributed by atoms with Crippen LogP contribution in [0.1, 0.15) is 65.8 Å². The van der Waals surface area contributed by atoms with Crippen molar-refractivity contribution in [3.8, 4) is 0 Å². The second-order valence-electron chi connectivity index (χ2n) is 13.0. The molecule has 2 unspecified atom stereocenters. The number of fused-ring (bicyclic) bond motifs is 1. The summed E-state index contributed by atoms with van der Waals surface area (Å²) < 4.78 is 73.6. The molecule has 0 N–H and O–H groups in total. The molecule has 0 heterocycles. The van der Waals surface area contributed by atoms with Crippen molar-refractivity contribution in [2.24, 2.45) is 11.8 Å². The van der Waals surface area contributed by atoms with Gasteiger partial charge in [0, 0.05) is 24.2 Å². The normalized spacial score (nSPS) is 25.2. The Hall–Kier alpha value is -3.62. The molecular formula is C38H39FO5S2. The highest BCUT2D eigenvalue weighted by Gasteiger charge is 2.56. The molecule has 0 aromatic heterocycles. The van der Waals surface area contributed by atoms with Crippen LogP contribution in [0.3, 0.4) is 0 Å². The smallest absolute Gasteiger partial charge is 0.182 e. The monoisotopic (exact) mass is 658 g/mol. The van der Waals surface area contributed by atoms with Crippen molar-refractivity contribution >= 4 is 25.5 Å². The van der Waals surface area contributed by atoms with Crippen LogP contribution in [0.5, 0.6) is 0 Å². The van der Waals surface area contributed by atoms with Gasteiger partial charge >= 0.3 is 0 Å². The molecule has 46 heavy (non-hydrogen) atoms. The number of ketones is 1. The minimum atomic E-state index is -4.02. The molecule has 4 aromatic rings. The summed E-state index contributed by atoms with van der Waals surface area (Å²) in [6.07, 6.45) is 0.789. The van der Waals surface area contributed by atoms with E-state index in [9.17, 15) is 21.6 Å². The molecule has 4 aromatic carbocycles. The summed E-state index contributed by atoms with van der Waals surface area (Å²) in [4.78, 5) is 14.4. The number of Topliss-reactive ketones (excluding diaryl/α,β-unsaturated/α-hetero) is 1. The fourth-order valence-electron chi connectivity index (χ4n) is 7.70. The minimum absolute atomic E-state index is 0.00986. The van der Waals surface area contributed by atoms with Crippen LogP contribution in [-0.4, -0.2) is 33.1 Å². The van der Waals surface area contributed by atoms with Gasteiger partial charge in [-0.1, -0.05) is 84.8 Å². The zero-order chi connectivity index (χ0) is 32.8. The van der Waals surface area contributed by atoms with Crippen LogP contribution in [0.4, 0.5) is 4.39 Å². The molecule has 2 saturated carbocycles. The van der Waals surface area contributed by atoms with Crippen molar-refractivity contribution in [2.75, 3.05) is 0 Å². The summed E-state index contributed by atoms with van der Waals surface area (Å²) in [7, 11) is -8.03. The molecule has 2 fully saturated rings. The molecule has 0 saturated heterocycles. The number of hydrogen-bond acceptors (Lipinski definition) is 5. The number of carbonyl (C=O) groups excluding carboxylic acids is 1. The predicted molar refractivity (Wildman–Crippen MR) is 178 cm³/mol. The molecule has 240 valence electrons. The summed E-state index contributed by atoms with van der Waals surface area (Å²) >= 11 is 0. The molecule has 0 bridgehead atoms. The third kappa shape index (κ3) is 5.86. The lowest BCUT2D eigenvalue weighted by atomic mass is 9.61. The van der Waals surface area contributed by atoms with Crippen molar-refractivity contribution in [1.82, 2.24) is 0 Å². The van der Waals surface area contributed by atoms with E-state index in [0.717, 1.165) is 28.7 Å². The average molecular weight is 659 g/mol. The lowest BCUT2D eigenvalue weighted by Crippen LogP contribution is -2.53. The Kier molecular flexibility index (Phi) is 8.81. The molecule has 2 aliphatic carbocycles. The van der Waals surface area contributed by atoms with Gasteiger partial charge < -0.3 is 0 Å². The summed E-state index contributed by atoms with van der Waals surface area (Å²) in [5.41, 5.74) is 3.92. The first-order valence-electron chi connectivity index (χ1n) is 15.9. The molecule has 0 radical (unpaired) electrons. The standard InChI is InChI=1S/C38H39FO5S2/c1-4-26-13-15-27(16-14-26)31-22-36(40)32-23-37(45(41,42)28-17-9-24(2)10-18-28)33(30-7-5-6-8-35(30)39)21-34(32)38(31)46(43,44)29-19-11-25(3)12-20-29/h5-20,31-34,37-38H,4,21-23H2,1-3H3/t31-,32+,33-,34-,37?,38?/m0/s1. The zero-order valence-corrected chi connectivity index (χ0v) is 27.9. The van der Waals surface area contributed by atoms with Gasteiger partial charge in [-0.2, -0.15) is 0 Å². The Labute approximate surface area is 271 Å². The number of carbonyl (C=O) groups is 1. The van der Waals surface area contributed by atoms with Gasteiger partial charge in [-0.15, -0.1) is 0 Å². The summed E-state index contributed by atoms with van der Waals surface area (Å²) in [6.45, 7) is 5.80. The molecular weight excluding hydrogens is 620 g/mol. The van der Waals surface area contributed by atoms with E-state index in [4.69, 9.17) is 0 Å². The first-order valence-corrected chi connectivity index (χ1v) is 19.0. The Morgan fingerprint density at radius 3 is 1.80 bits per heavy atom. The van der Waals surface area contributed by atoms with Crippen LogP contribution < -0.4 is 0 Å². The van der Waals surface area contributed by atoms with Crippen LogP contribution in [0, 0.1) is 31.5 Å². The van der Waals surface area contributed by atoms with Gasteiger partial charge in [0.1, 0.15) is 11.6 Å².